The molecule has 11 rings (SSSR count). The number of imidazole rings is 1. The van der Waals surface area contributed by atoms with Crippen molar-refractivity contribution < 1.29 is 8.83 Å². The topological polar surface area (TPSA) is 74.8 Å². The van der Waals surface area contributed by atoms with Gasteiger partial charge in [0, 0.05) is 38.8 Å². The van der Waals surface area contributed by atoms with E-state index >= 15 is 0 Å². The summed E-state index contributed by atoms with van der Waals surface area (Å²) in [5.41, 5.74) is 12.3. The van der Waals surface area contributed by atoms with Gasteiger partial charge in [-0.2, -0.15) is 0 Å². The van der Waals surface area contributed by atoms with Crippen LogP contribution in [0, 0.1) is 0 Å². The quantitative estimate of drug-likeness (QED) is 0.182. The van der Waals surface area contributed by atoms with Crippen LogP contribution < -0.4 is 0 Å². The summed E-state index contributed by atoms with van der Waals surface area (Å²) >= 11 is 0. The fraction of sp³-hybridized carbons (Fsp3) is 0. The largest absolute Gasteiger partial charge is 0.436 e. The third-order valence-corrected chi connectivity index (χ3v) is 9.81. The molecule has 7 heteroatoms. The number of oxazole rings is 2. The Bertz CT molecular complexity index is 2930. The average Bonchev–Trinajstić information content (AvgIpc) is 3.99. The van der Waals surface area contributed by atoms with Gasteiger partial charge in [0.2, 0.25) is 11.8 Å². The van der Waals surface area contributed by atoms with Gasteiger partial charge in [-0.25, -0.2) is 15.0 Å². The summed E-state index contributed by atoms with van der Waals surface area (Å²) in [5.74, 6) is 2.07. The average molecular weight is 670 g/mol. The van der Waals surface area contributed by atoms with Crippen LogP contribution in [0.3, 0.4) is 0 Å². The van der Waals surface area contributed by atoms with Crippen LogP contribution in [-0.2, 0) is 0 Å². The van der Waals surface area contributed by atoms with Crippen molar-refractivity contribution in [3.8, 4) is 45.7 Å². The number of fused-ring (bicyclic) bond motifs is 6. The second-order valence-electron chi connectivity index (χ2n) is 12.9. The van der Waals surface area contributed by atoms with E-state index < -0.39 is 0 Å². The number of aromatic nitrogens is 5. The molecule has 0 aliphatic carbocycles. The van der Waals surface area contributed by atoms with Crippen molar-refractivity contribution in [2.24, 2.45) is 0 Å². The molecule has 0 amide bonds. The third-order valence-electron chi connectivity index (χ3n) is 9.81. The van der Waals surface area contributed by atoms with Crippen LogP contribution in [0.2, 0.25) is 0 Å². The smallest absolute Gasteiger partial charge is 0.227 e. The molecule has 0 fully saturated rings. The Hall–Kier alpha value is -7.25. The van der Waals surface area contributed by atoms with Crippen molar-refractivity contribution in [2.45, 2.75) is 0 Å². The van der Waals surface area contributed by atoms with E-state index in [4.69, 9.17) is 23.8 Å². The Morgan fingerprint density at radius 1 is 0.365 bits per heavy atom. The number of hydrogen-bond donors (Lipinski definition) is 0. The predicted molar refractivity (Wildman–Crippen MR) is 207 cm³/mol. The second kappa shape index (κ2) is 11.1. The zero-order chi connectivity index (χ0) is 34.2. The van der Waals surface area contributed by atoms with Gasteiger partial charge < -0.3 is 13.4 Å². The van der Waals surface area contributed by atoms with E-state index in [1.807, 2.05) is 60.7 Å². The molecule has 244 valence electrons. The normalized spacial score (nSPS) is 11.8. The number of benzene rings is 7. The van der Waals surface area contributed by atoms with Crippen LogP contribution in [0.25, 0.3) is 101 Å². The lowest BCUT2D eigenvalue weighted by molar-refractivity contribution is 0.619. The van der Waals surface area contributed by atoms with E-state index in [1.54, 1.807) is 0 Å². The van der Waals surface area contributed by atoms with Gasteiger partial charge in [0.1, 0.15) is 16.9 Å². The van der Waals surface area contributed by atoms with Crippen molar-refractivity contribution in [1.82, 2.24) is 24.1 Å². The molecule has 7 nitrogen and oxygen atoms in total. The summed E-state index contributed by atoms with van der Waals surface area (Å²) < 4.78 is 16.9. The fourth-order valence-electron chi connectivity index (χ4n) is 7.38. The molecule has 52 heavy (non-hydrogen) atoms. The molecule has 0 bridgehead atoms. The molecular formula is C45H27N5O2. The van der Waals surface area contributed by atoms with E-state index in [-0.39, 0.29) is 0 Å². The first-order chi connectivity index (χ1) is 25.7. The van der Waals surface area contributed by atoms with Gasteiger partial charge >= 0.3 is 0 Å². The highest BCUT2D eigenvalue weighted by Crippen LogP contribution is 2.38. The first-order valence-electron chi connectivity index (χ1n) is 17.2. The van der Waals surface area contributed by atoms with Crippen molar-refractivity contribution >= 4 is 55.0 Å². The van der Waals surface area contributed by atoms with Gasteiger partial charge in [-0.05, 0) is 109 Å². The first-order valence-corrected chi connectivity index (χ1v) is 17.2. The molecule has 0 saturated carbocycles. The lowest BCUT2D eigenvalue weighted by Gasteiger charge is -2.12. The van der Waals surface area contributed by atoms with E-state index in [2.05, 4.69) is 112 Å². The molecule has 0 aliphatic heterocycles. The summed E-state index contributed by atoms with van der Waals surface area (Å²) in [6.45, 7) is 0. The van der Waals surface area contributed by atoms with Crippen molar-refractivity contribution in [3.05, 3.63) is 164 Å². The Morgan fingerprint density at radius 3 is 1.46 bits per heavy atom. The van der Waals surface area contributed by atoms with Gasteiger partial charge in [-0.1, -0.05) is 54.6 Å². The van der Waals surface area contributed by atoms with Crippen LogP contribution >= 0.6 is 0 Å². The lowest BCUT2D eigenvalue weighted by atomic mass is 10.1. The number of rotatable bonds is 5. The zero-order valence-corrected chi connectivity index (χ0v) is 27.6. The molecule has 11 aromatic rings. The Balaban J connectivity index is 1.09. The molecule has 0 spiro atoms. The molecule has 0 aliphatic rings. The van der Waals surface area contributed by atoms with E-state index in [0.717, 1.165) is 88.9 Å². The summed E-state index contributed by atoms with van der Waals surface area (Å²) in [5, 5.41) is 2.14. The Labute approximate surface area is 296 Å². The molecule has 0 N–H and O–H groups in total. The van der Waals surface area contributed by atoms with Gasteiger partial charge in [-0.15, -0.1) is 0 Å². The lowest BCUT2D eigenvalue weighted by Crippen LogP contribution is -1.98. The highest BCUT2D eigenvalue weighted by molar-refractivity contribution is 6.11. The maximum absolute atomic E-state index is 6.20. The van der Waals surface area contributed by atoms with Gasteiger partial charge in [0.05, 0.1) is 22.1 Å². The highest BCUT2D eigenvalue weighted by Gasteiger charge is 2.19. The van der Waals surface area contributed by atoms with E-state index in [1.165, 1.54) is 0 Å². The number of hydrogen-bond acceptors (Lipinski definition) is 5. The molecule has 7 aromatic carbocycles. The molecule has 0 atom stereocenters. The van der Waals surface area contributed by atoms with Crippen molar-refractivity contribution in [1.29, 1.82) is 0 Å². The molecule has 0 unspecified atom stereocenters. The number of nitrogens with zero attached hydrogens (tertiary/aromatic N) is 5. The molecule has 0 saturated heterocycles. The van der Waals surface area contributed by atoms with Crippen LogP contribution in [0.4, 0.5) is 0 Å². The first kappa shape index (κ1) is 28.6. The summed E-state index contributed by atoms with van der Waals surface area (Å²) in [7, 11) is 0. The van der Waals surface area contributed by atoms with Crippen LogP contribution in [0.15, 0.2) is 173 Å². The van der Waals surface area contributed by atoms with Gasteiger partial charge in [-0.3, -0.25) is 4.57 Å². The van der Waals surface area contributed by atoms with Crippen molar-refractivity contribution in [3.63, 3.8) is 0 Å². The Kier molecular flexibility index (Phi) is 6.12. The maximum atomic E-state index is 6.20. The minimum absolute atomic E-state index is 0.588. The fourth-order valence-corrected chi connectivity index (χ4v) is 7.38. The van der Waals surface area contributed by atoms with Crippen LogP contribution in [0.1, 0.15) is 0 Å². The summed E-state index contributed by atoms with van der Waals surface area (Å²) in [6, 6.07) is 55.9. The zero-order valence-electron chi connectivity index (χ0n) is 27.6. The highest BCUT2D eigenvalue weighted by atomic mass is 16.4. The van der Waals surface area contributed by atoms with Gasteiger partial charge in [0.25, 0.3) is 0 Å². The second-order valence-corrected chi connectivity index (χ2v) is 12.9. The minimum atomic E-state index is 0.588. The summed E-state index contributed by atoms with van der Waals surface area (Å²) in [4.78, 5) is 14.7. The molecule has 4 aromatic heterocycles. The molecule has 0 radical (unpaired) electrons. The van der Waals surface area contributed by atoms with E-state index in [9.17, 15) is 0 Å². The van der Waals surface area contributed by atoms with Crippen LogP contribution in [0.5, 0.6) is 0 Å². The standard InChI is InChI=1S/C45H27N5O2/c1-2-10-31(11-3-1)50-40-15-7-4-12-35(40)46-43(50)28-18-22-32(23-19-28)49-38-24-20-29(44-47-36-13-5-8-16-41(36)51-44)26-33(38)34-27-30(21-25-39(34)49)45-48-37-14-6-9-17-42(37)52-45/h1-27H. The Morgan fingerprint density at radius 2 is 0.865 bits per heavy atom. The molecule has 4 heterocycles. The number of para-hydroxylation sites is 7. The SMILES string of the molecule is c1ccc(-n2c(-c3ccc(-n4c5ccc(-c6nc7ccccc7o6)cc5c5cc(-c6nc7ccccc7o6)ccc54)cc3)nc3ccccc32)cc1. The third kappa shape index (κ3) is 4.43. The minimum Gasteiger partial charge on any atom is -0.436 e. The molecular weight excluding hydrogens is 643 g/mol. The van der Waals surface area contributed by atoms with Crippen molar-refractivity contribution in [2.75, 3.05) is 0 Å². The van der Waals surface area contributed by atoms with Gasteiger partial charge in [0.15, 0.2) is 11.2 Å². The summed E-state index contributed by atoms with van der Waals surface area (Å²) in [6.07, 6.45) is 0. The van der Waals surface area contributed by atoms with E-state index in [0.29, 0.717) is 11.8 Å². The predicted octanol–water partition coefficient (Wildman–Crippen LogP) is 11.4. The van der Waals surface area contributed by atoms with Crippen LogP contribution in [-0.4, -0.2) is 24.1 Å². The maximum Gasteiger partial charge on any atom is 0.227 e. The monoisotopic (exact) mass is 669 g/mol.